The maximum absolute atomic E-state index is 14.3. The van der Waals surface area contributed by atoms with Crippen molar-refractivity contribution in [1.29, 1.82) is 0 Å². The van der Waals surface area contributed by atoms with Gasteiger partial charge in [-0.05, 0) is 42.4 Å². The van der Waals surface area contributed by atoms with Crippen LogP contribution in [0.5, 0.6) is 5.75 Å². The topological polar surface area (TPSA) is 9.23 Å². The van der Waals surface area contributed by atoms with Crippen LogP contribution in [0.1, 0.15) is 49.7 Å². The Morgan fingerprint density at radius 3 is 2.28 bits per heavy atom. The molecule has 0 radical (unpaired) electrons. The zero-order valence-corrected chi connectivity index (χ0v) is 17.0. The summed E-state index contributed by atoms with van der Waals surface area (Å²) in [6.07, 6.45) is 0.433. The van der Waals surface area contributed by atoms with Gasteiger partial charge in [-0.2, -0.15) is 27.0 Å². The molecule has 0 atom stereocenters. The minimum absolute atomic E-state index is 0. The Balaban J connectivity index is 0.00000225. The minimum atomic E-state index is -3.72. The van der Waals surface area contributed by atoms with Crippen LogP contribution in [0, 0.1) is 17.8 Å². The zero-order chi connectivity index (χ0) is 17.2. The van der Waals surface area contributed by atoms with Crippen LogP contribution in [0.4, 0.5) is 13.2 Å². The molecule has 2 aromatic rings. The molecular formula is C20H20F3OY+2. The Kier molecular flexibility index (Phi) is 7.10. The molecule has 1 saturated carbocycles. The van der Waals surface area contributed by atoms with Gasteiger partial charge < -0.3 is 4.74 Å². The summed E-state index contributed by atoms with van der Waals surface area (Å²) in [6.45, 7) is 2.21. The first-order valence-electron chi connectivity index (χ1n) is 8.28. The van der Waals surface area contributed by atoms with Gasteiger partial charge in [0.1, 0.15) is 5.82 Å². The van der Waals surface area contributed by atoms with Crippen molar-refractivity contribution in [2.24, 2.45) is 5.92 Å². The fourth-order valence-corrected chi connectivity index (χ4v) is 3.26. The molecule has 1 fully saturated rings. The van der Waals surface area contributed by atoms with Gasteiger partial charge in [0, 0.05) is 5.75 Å². The minimum Gasteiger partial charge on any atom is -0.455 e. The van der Waals surface area contributed by atoms with Crippen molar-refractivity contribution in [1.82, 2.24) is 0 Å². The van der Waals surface area contributed by atoms with Crippen molar-refractivity contribution in [3.63, 3.8) is 0 Å². The standard InChI is InChI=1S/C20H20F3O.Y/c1-14-7-9-15(10-8-14)16-11-12-18(19(21)13-16)20(22,23)24-17-5-3-2-4-6-17;/h3-6,11-15H,7-10H2,1H3;/q-1;+3. The van der Waals surface area contributed by atoms with E-state index in [0.29, 0.717) is 5.92 Å². The van der Waals surface area contributed by atoms with Gasteiger partial charge in [-0.1, -0.05) is 25.8 Å². The molecule has 1 nitrogen and oxygen atoms in total. The molecule has 5 heteroatoms. The summed E-state index contributed by atoms with van der Waals surface area (Å²) in [5.74, 6) is -0.00252. The van der Waals surface area contributed by atoms with E-state index >= 15 is 0 Å². The maximum atomic E-state index is 14.3. The Hall–Kier alpha value is -0.866. The van der Waals surface area contributed by atoms with Crippen LogP contribution in [0.3, 0.4) is 0 Å². The summed E-state index contributed by atoms with van der Waals surface area (Å²) in [5.41, 5.74) is 0.0662. The van der Waals surface area contributed by atoms with E-state index in [1.807, 2.05) is 0 Å². The second-order valence-electron chi connectivity index (χ2n) is 6.55. The van der Waals surface area contributed by atoms with Gasteiger partial charge in [0.2, 0.25) is 0 Å². The Morgan fingerprint density at radius 2 is 1.68 bits per heavy atom. The molecule has 0 N–H and O–H groups in total. The fraction of sp³-hybridized carbons (Fsp3) is 0.400. The van der Waals surface area contributed by atoms with Crippen LogP contribution in [0.2, 0.25) is 0 Å². The third-order valence-corrected chi connectivity index (χ3v) is 4.73. The molecule has 0 bridgehead atoms. The third kappa shape index (κ3) is 5.07. The molecular weight excluding hydrogens is 402 g/mol. The Labute approximate surface area is 171 Å². The molecule has 0 spiro atoms. The second kappa shape index (κ2) is 8.68. The average Bonchev–Trinajstić information content (AvgIpc) is 2.55. The molecule has 0 amide bonds. The molecule has 0 heterocycles. The SMILES string of the molecule is CC1CCC(c2ccc(C(F)(F)Oc3cc[c-]cc3)c(F)c2)CC1.[Y+3]. The number of ether oxygens (including phenoxy) is 1. The summed E-state index contributed by atoms with van der Waals surface area (Å²) in [7, 11) is 0. The number of rotatable bonds is 4. The van der Waals surface area contributed by atoms with Gasteiger partial charge in [0.05, 0.1) is 5.56 Å². The van der Waals surface area contributed by atoms with E-state index in [9.17, 15) is 13.2 Å². The number of halogens is 3. The second-order valence-corrected chi connectivity index (χ2v) is 6.55. The van der Waals surface area contributed by atoms with Crippen LogP contribution in [-0.4, -0.2) is 0 Å². The van der Waals surface area contributed by atoms with Crippen LogP contribution < -0.4 is 4.74 Å². The first kappa shape index (κ1) is 20.4. The molecule has 0 aromatic heterocycles. The molecule has 0 unspecified atom stereocenters. The largest absolute Gasteiger partial charge is 3.00 e. The van der Waals surface area contributed by atoms with E-state index in [1.165, 1.54) is 30.3 Å². The summed E-state index contributed by atoms with van der Waals surface area (Å²) in [5, 5.41) is 0. The number of hydrogen-bond donors (Lipinski definition) is 0. The van der Waals surface area contributed by atoms with Crippen molar-refractivity contribution in [3.8, 4) is 5.75 Å². The average molecular weight is 422 g/mol. The Morgan fingerprint density at radius 1 is 1.04 bits per heavy atom. The molecule has 0 saturated heterocycles. The monoisotopic (exact) mass is 422 g/mol. The molecule has 0 aliphatic heterocycles. The van der Waals surface area contributed by atoms with E-state index in [4.69, 9.17) is 0 Å². The van der Waals surface area contributed by atoms with Gasteiger partial charge in [-0.25, -0.2) is 4.39 Å². The quantitative estimate of drug-likeness (QED) is 0.546. The van der Waals surface area contributed by atoms with Crippen molar-refractivity contribution >= 4 is 0 Å². The van der Waals surface area contributed by atoms with Crippen LogP contribution >= 0.6 is 0 Å². The first-order valence-corrected chi connectivity index (χ1v) is 8.28. The van der Waals surface area contributed by atoms with E-state index < -0.39 is 17.5 Å². The molecule has 25 heavy (non-hydrogen) atoms. The summed E-state index contributed by atoms with van der Waals surface area (Å²) in [4.78, 5) is 0. The zero-order valence-electron chi connectivity index (χ0n) is 14.1. The predicted molar refractivity (Wildman–Crippen MR) is 86.6 cm³/mol. The molecule has 2 aromatic carbocycles. The van der Waals surface area contributed by atoms with Gasteiger partial charge in [-0.3, -0.25) is 0 Å². The molecule has 3 rings (SSSR count). The van der Waals surface area contributed by atoms with Gasteiger partial charge in [-0.15, -0.1) is 12.1 Å². The van der Waals surface area contributed by atoms with E-state index in [2.05, 4.69) is 17.7 Å². The van der Waals surface area contributed by atoms with E-state index in [-0.39, 0.29) is 44.4 Å². The van der Waals surface area contributed by atoms with Crippen molar-refractivity contribution in [2.75, 3.05) is 0 Å². The fourth-order valence-electron chi connectivity index (χ4n) is 3.26. The van der Waals surface area contributed by atoms with Gasteiger partial charge in [0.15, 0.2) is 0 Å². The third-order valence-electron chi connectivity index (χ3n) is 4.73. The molecule has 128 valence electrons. The Bertz CT molecular complexity index is 683. The van der Waals surface area contributed by atoms with Crippen molar-refractivity contribution in [2.45, 2.75) is 44.6 Å². The normalized spacial score (nSPS) is 20.6. The molecule has 1 aliphatic rings. The first-order chi connectivity index (χ1) is 11.5. The van der Waals surface area contributed by atoms with Crippen LogP contribution in [-0.2, 0) is 38.8 Å². The van der Waals surface area contributed by atoms with Crippen molar-refractivity contribution < 1.29 is 50.6 Å². The summed E-state index contributed by atoms with van der Waals surface area (Å²) < 4.78 is 47.5. The summed E-state index contributed by atoms with van der Waals surface area (Å²) >= 11 is 0. The van der Waals surface area contributed by atoms with Gasteiger partial charge >= 0.3 is 38.8 Å². The van der Waals surface area contributed by atoms with E-state index in [0.717, 1.165) is 37.3 Å². The van der Waals surface area contributed by atoms with Gasteiger partial charge in [0.25, 0.3) is 0 Å². The van der Waals surface area contributed by atoms with Crippen molar-refractivity contribution in [3.05, 3.63) is 65.5 Å². The smallest absolute Gasteiger partial charge is 0.455 e. The number of alkyl halides is 2. The van der Waals surface area contributed by atoms with E-state index in [1.54, 1.807) is 6.07 Å². The van der Waals surface area contributed by atoms with Crippen LogP contribution in [0.15, 0.2) is 42.5 Å². The predicted octanol–water partition coefficient (Wildman–Crippen LogP) is 6.05. The maximum Gasteiger partial charge on any atom is 3.00 e. The summed E-state index contributed by atoms with van der Waals surface area (Å²) in [6, 6.07) is 12.4. The number of benzene rings is 2. The van der Waals surface area contributed by atoms with Crippen LogP contribution in [0.25, 0.3) is 0 Å². The molecule has 1 aliphatic carbocycles. The number of hydrogen-bond acceptors (Lipinski definition) is 1.